The zero-order chi connectivity index (χ0) is 14.2. The number of aromatic nitrogens is 1. The highest BCUT2D eigenvalue weighted by Gasteiger charge is 2.28. The van der Waals surface area contributed by atoms with Gasteiger partial charge in [0.2, 0.25) is 0 Å². The Morgan fingerprint density at radius 1 is 1.33 bits per heavy atom. The second-order valence-electron chi connectivity index (χ2n) is 6.66. The average Bonchev–Trinajstić information content (AvgIpc) is 3.25. The van der Waals surface area contributed by atoms with Gasteiger partial charge < -0.3 is 14.6 Å². The van der Waals surface area contributed by atoms with E-state index in [9.17, 15) is 0 Å². The molecule has 1 N–H and O–H groups in total. The number of nitrogens with zero attached hydrogens (tertiary/aromatic N) is 2. The van der Waals surface area contributed by atoms with Crippen LogP contribution in [0.25, 0.3) is 11.1 Å². The zero-order valence-electron chi connectivity index (χ0n) is 12.6. The summed E-state index contributed by atoms with van der Waals surface area (Å²) in [4.78, 5) is 7.06. The number of hydrogen-bond donors (Lipinski definition) is 1. The predicted molar refractivity (Wildman–Crippen MR) is 84.7 cm³/mol. The lowest BCUT2D eigenvalue weighted by Crippen LogP contribution is -2.35. The van der Waals surface area contributed by atoms with Crippen molar-refractivity contribution in [1.82, 2.24) is 9.88 Å². The van der Waals surface area contributed by atoms with Crippen LogP contribution in [0.2, 0.25) is 0 Å². The van der Waals surface area contributed by atoms with Crippen molar-refractivity contribution in [2.45, 2.75) is 31.6 Å². The molecule has 1 aliphatic heterocycles. The number of fused-ring (bicyclic) bond motifs is 1. The Kier molecular flexibility index (Phi) is 3.34. The molecule has 112 valence electrons. The molecule has 4 rings (SSSR count). The van der Waals surface area contributed by atoms with E-state index in [1.54, 1.807) is 0 Å². The number of benzene rings is 1. The summed E-state index contributed by atoms with van der Waals surface area (Å²) in [5.41, 5.74) is 3.06. The number of anilines is 1. The van der Waals surface area contributed by atoms with Crippen molar-refractivity contribution in [3.8, 4) is 0 Å². The van der Waals surface area contributed by atoms with Gasteiger partial charge in [-0.3, -0.25) is 0 Å². The van der Waals surface area contributed by atoms with Gasteiger partial charge in [0.15, 0.2) is 11.5 Å². The Balaban J connectivity index is 1.43. The summed E-state index contributed by atoms with van der Waals surface area (Å²) < 4.78 is 5.81. The lowest BCUT2D eigenvalue weighted by Gasteiger charge is -2.29. The minimum Gasteiger partial charge on any atom is -0.440 e. The lowest BCUT2D eigenvalue weighted by molar-refractivity contribution is 0.217. The third-order valence-electron chi connectivity index (χ3n) is 4.65. The summed E-state index contributed by atoms with van der Waals surface area (Å²) in [5.74, 6) is 2.25. The van der Waals surface area contributed by atoms with Crippen molar-refractivity contribution in [3.05, 3.63) is 24.1 Å². The number of oxazole rings is 1. The molecule has 0 bridgehead atoms. The van der Waals surface area contributed by atoms with Gasteiger partial charge in [-0.2, -0.15) is 0 Å². The van der Waals surface area contributed by atoms with Crippen molar-refractivity contribution >= 4 is 16.8 Å². The molecule has 1 unspecified atom stereocenters. The fourth-order valence-corrected chi connectivity index (χ4v) is 3.26. The molecule has 0 spiro atoms. The predicted octanol–water partition coefficient (Wildman–Crippen LogP) is 3.46. The highest BCUT2D eigenvalue weighted by atomic mass is 16.3. The number of rotatable bonds is 4. The van der Waals surface area contributed by atoms with Crippen LogP contribution in [-0.2, 0) is 0 Å². The number of nitrogens with one attached hydrogen (secondary N) is 1. The van der Waals surface area contributed by atoms with E-state index in [0.717, 1.165) is 35.1 Å². The minimum absolute atomic E-state index is 0.576. The second-order valence-corrected chi connectivity index (χ2v) is 6.66. The zero-order valence-corrected chi connectivity index (χ0v) is 12.6. The van der Waals surface area contributed by atoms with E-state index in [1.165, 1.54) is 38.8 Å². The first-order valence-electron chi connectivity index (χ1n) is 8.11. The van der Waals surface area contributed by atoms with Gasteiger partial charge in [-0.1, -0.05) is 0 Å². The lowest BCUT2D eigenvalue weighted by atomic mass is 9.98. The van der Waals surface area contributed by atoms with Crippen molar-refractivity contribution in [3.63, 3.8) is 0 Å². The third kappa shape index (κ3) is 2.91. The van der Waals surface area contributed by atoms with E-state index in [2.05, 4.69) is 34.4 Å². The first kappa shape index (κ1) is 13.1. The number of hydrogen-bond acceptors (Lipinski definition) is 4. The molecular weight excluding hydrogens is 262 g/mol. The first-order valence-corrected chi connectivity index (χ1v) is 8.11. The van der Waals surface area contributed by atoms with E-state index >= 15 is 0 Å². The van der Waals surface area contributed by atoms with Crippen LogP contribution in [0.4, 0.5) is 5.69 Å². The Morgan fingerprint density at radius 3 is 3.05 bits per heavy atom. The van der Waals surface area contributed by atoms with Crippen molar-refractivity contribution in [2.75, 3.05) is 32.0 Å². The fourth-order valence-electron chi connectivity index (χ4n) is 3.26. The summed E-state index contributed by atoms with van der Waals surface area (Å²) in [6.45, 7) is 3.49. The van der Waals surface area contributed by atoms with Gasteiger partial charge in [-0.15, -0.1) is 0 Å². The molecule has 1 aliphatic carbocycles. The van der Waals surface area contributed by atoms with Gasteiger partial charge in [0.1, 0.15) is 5.52 Å². The van der Waals surface area contributed by atoms with Gasteiger partial charge in [-0.25, -0.2) is 4.98 Å². The molecule has 21 heavy (non-hydrogen) atoms. The van der Waals surface area contributed by atoms with Crippen LogP contribution < -0.4 is 5.32 Å². The normalized spacial score (nSPS) is 23.6. The van der Waals surface area contributed by atoms with E-state index < -0.39 is 0 Å². The maximum absolute atomic E-state index is 5.81. The van der Waals surface area contributed by atoms with Gasteiger partial charge in [0, 0.05) is 24.7 Å². The molecule has 4 nitrogen and oxygen atoms in total. The maximum atomic E-state index is 5.81. The Bertz CT molecular complexity index is 632. The highest BCUT2D eigenvalue weighted by Crippen LogP contribution is 2.40. The smallest absolute Gasteiger partial charge is 0.198 e. The van der Waals surface area contributed by atoms with Crippen LogP contribution in [0.5, 0.6) is 0 Å². The molecule has 2 heterocycles. The summed E-state index contributed by atoms with van der Waals surface area (Å²) in [5, 5.41) is 3.57. The standard InChI is InChI=1S/C17H23N3O/c1-20-8-2-3-12(11-20)10-18-14-6-7-16-15(9-14)19-17(21-16)13-4-5-13/h6-7,9,12-13,18H,2-5,8,10-11H2,1H3. The number of piperidine rings is 1. The molecule has 1 saturated carbocycles. The van der Waals surface area contributed by atoms with Crippen LogP contribution >= 0.6 is 0 Å². The van der Waals surface area contributed by atoms with Crippen LogP contribution in [0.3, 0.4) is 0 Å². The fraction of sp³-hybridized carbons (Fsp3) is 0.588. The Morgan fingerprint density at radius 2 is 2.24 bits per heavy atom. The summed E-state index contributed by atoms with van der Waals surface area (Å²) in [6, 6.07) is 6.28. The Hall–Kier alpha value is -1.55. The van der Waals surface area contributed by atoms with Crippen molar-refractivity contribution in [2.24, 2.45) is 5.92 Å². The molecule has 1 aromatic carbocycles. The van der Waals surface area contributed by atoms with Crippen LogP contribution in [-0.4, -0.2) is 36.6 Å². The van der Waals surface area contributed by atoms with E-state index in [-0.39, 0.29) is 0 Å². The quantitative estimate of drug-likeness (QED) is 0.934. The van der Waals surface area contributed by atoms with Gasteiger partial charge >= 0.3 is 0 Å². The van der Waals surface area contributed by atoms with Gasteiger partial charge in [0.25, 0.3) is 0 Å². The minimum atomic E-state index is 0.576. The van der Waals surface area contributed by atoms with E-state index in [0.29, 0.717) is 5.92 Å². The highest BCUT2D eigenvalue weighted by molar-refractivity contribution is 5.77. The SMILES string of the molecule is CN1CCCC(CNc2ccc3oc(C4CC4)nc3c2)C1. The molecule has 1 atom stereocenters. The summed E-state index contributed by atoms with van der Waals surface area (Å²) >= 11 is 0. The molecule has 4 heteroatoms. The summed E-state index contributed by atoms with van der Waals surface area (Å²) in [7, 11) is 2.22. The molecular formula is C17H23N3O. The maximum Gasteiger partial charge on any atom is 0.198 e. The molecule has 2 fully saturated rings. The molecule has 0 radical (unpaired) electrons. The van der Waals surface area contributed by atoms with Crippen molar-refractivity contribution in [1.29, 1.82) is 0 Å². The molecule has 1 aromatic heterocycles. The molecule has 0 amide bonds. The van der Waals surface area contributed by atoms with E-state index in [4.69, 9.17) is 4.42 Å². The largest absolute Gasteiger partial charge is 0.440 e. The van der Waals surface area contributed by atoms with Crippen molar-refractivity contribution < 1.29 is 4.42 Å². The van der Waals surface area contributed by atoms with Crippen LogP contribution in [0.1, 0.15) is 37.5 Å². The Labute approximate surface area is 125 Å². The van der Waals surface area contributed by atoms with Gasteiger partial charge in [0.05, 0.1) is 0 Å². The second kappa shape index (κ2) is 5.34. The average molecular weight is 285 g/mol. The van der Waals surface area contributed by atoms with Crippen LogP contribution in [0, 0.1) is 5.92 Å². The first-order chi connectivity index (χ1) is 10.3. The van der Waals surface area contributed by atoms with E-state index in [1.807, 2.05) is 6.07 Å². The molecule has 2 aromatic rings. The summed E-state index contributed by atoms with van der Waals surface area (Å²) in [6.07, 6.45) is 5.10. The molecule has 2 aliphatic rings. The molecule has 1 saturated heterocycles. The number of likely N-dealkylation sites (tertiary alicyclic amines) is 1. The third-order valence-corrected chi connectivity index (χ3v) is 4.65. The topological polar surface area (TPSA) is 41.3 Å². The monoisotopic (exact) mass is 285 g/mol. The van der Waals surface area contributed by atoms with Gasteiger partial charge in [-0.05, 0) is 63.4 Å². The van der Waals surface area contributed by atoms with Crippen LogP contribution in [0.15, 0.2) is 22.6 Å².